The molecule has 0 spiro atoms. The molecule has 16 heavy (non-hydrogen) atoms. The number of halogens is 3. The number of rotatable bonds is 1. The highest BCUT2D eigenvalue weighted by Crippen LogP contribution is 2.27. The number of hydrogen-bond donors (Lipinski definition) is 2. The first-order chi connectivity index (χ1) is 7.22. The molecule has 0 aromatic heterocycles. The summed E-state index contributed by atoms with van der Waals surface area (Å²) >= 11 is 11.8. The van der Waals surface area contributed by atoms with Crippen molar-refractivity contribution in [3.05, 3.63) is 28.2 Å². The van der Waals surface area contributed by atoms with E-state index in [9.17, 15) is 0 Å². The molecule has 4 nitrogen and oxygen atoms in total. The molecule has 2 rings (SSSR count). The summed E-state index contributed by atoms with van der Waals surface area (Å²) in [6, 6.07) is 5.43. The number of nitrogens with two attached hydrogens (primary N) is 1. The summed E-state index contributed by atoms with van der Waals surface area (Å²) < 4.78 is 0. The first-order valence-electron chi connectivity index (χ1n) is 4.46. The maximum absolute atomic E-state index is 5.93. The third kappa shape index (κ3) is 2.71. The van der Waals surface area contributed by atoms with Crippen LogP contribution in [0.15, 0.2) is 23.2 Å². The van der Waals surface area contributed by atoms with Gasteiger partial charge in [-0.2, -0.15) is 0 Å². The van der Waals surface area contributed by atoms with Gasteiger partial charge in [-0.1, -0.05) is 23.2 Å². The monoisotopic (exact) mass is 372 g/mol. The lowest BCUT2D eigenvalue weighted by atomic mass is 10.3. The van der Waals surface area contributed by atoms with Gasteiger partial charge in [0.05, 0.1) is 16.6 Å². The minimum Gasteiger partial charge on any atom is -0.310 e. The number of aliphatic imine (C=N–C) groups is 1. The lowest BCUT2D eigenvalue weighted by Crippen LogP contribution is -2.42. The molecule has 0 aliphatic carbocycles. The molecule has 0 saturated heterocycles. The zero-order chi connectivity index (χ0) is 10.8. The summed E-state index contributed by atoms with van der Waals surface area (Å²) in [6.07, 6.45) is 0. The van der Waals surface area contributed by atoms with Crippen LogP contribution >= 0.6 is 47.2 Å². The van der Waals surface area contributed by atoms with Gasteiger partial charge in [0.15, 0.2) is 0 Å². The van der Waals surface area contributed by atoms with Crippen LogP contribution in [0.1, 0.15) is 0 Å². The topological polar surface area (TPSA) is 53.6 Å². The molecule has 0 bridgehead atoms. The van der Waals surface area contributed by atoms with Gasteiger partial charge in [-0.25, -0.2) is 10.8 Å². The first-order valence-corrected chi connectivity index (χ1v) is 5.21. The van der Waals surface area contributed by atoms with E-state index in [4.69, 9.17) is 29.0 Å². The van der Waals surface area contributed by atoms with Gasteiger partial charge >= 0.3 is 0 Å². The summed E-state index contributed by atoms with van der Waals surface area (Å²) in [5.41, 5.74) is 3.48. The zero-order valence-corrected chi connectivity index (χ0v) is 12.1. The van der Waals surface area contributed by atoms with Gasteiger partial charge in [-0.15, -0.1) is 24.0 Å². The second kappa shape index (κ2) is 5.90. The summed E-state index contributed by atoms with van der Waals surface area (Å²) in [5, 5.41) is 1.07. The lowest BCUT2D eigenvalue weighted by Gasteiger charge is -2.19. The van der Waals surface area contributed by atoms with Crippen molar-refractivity contribution >= 4 is 58.8 Å². The van der Waals surface area contributed by atoms with Crippen LogP contribution in [0.2, 0.25) is 10.0 Å². The van der Waals surface area contributed by atoms with Crippen LogP contribution < -0.4 is 16.2 Å². The van der Waals surface area contributed by atoms with Crippen molar-refractivity contribution in [2.24, 2.45) is 10.8 Å². The van der Waals surface area contributed by atoms with E-state index in [2.05, 4.69) is 10.4 Å². The van der Waals surface area contributed by atoms with Gasteiger partial charge in [0.2, 0.25) is 5.96 Å². The molecule has 0 radical (unpaired) electrons. The fourth-order valence-electron chi connectivity index (χ4n) is 1.48. The van der Waals surface area contributed by atoms with Crippen molar-refractivity contribution in [1.29, 1.82) is 0 Å². The van der Waals surface area contributed by atoms with Gasteiger partial charge in [0, 0.05) is 12.2 Å². The van der Waals surface area contributed by atoms with E-state index in [0.29, 0.717) is 16.0 Å². The Morgan fingerprint density at radius 3 is 2.69 bits per heavy atom. The minimum absolute atomic E-state index is 0. The Balaban J connectivity index is 0.00000128. The minimum atomic E-state index is 0. The normalized spacial score (nSPS) is 14.4. The van der Waals surface area contributed by atoms with Gasteiger partial charge in [-0.3, -0.25) is 5.43 Å². The Bertz CT molecular complexity index is 410. The van der Waals surface area contributed by atoms with Crippen molar-refractivity contribution in [3.8, 4) is 0 Å². The number of nitrogens with zero attached hydrogens (tertiary/aromatic N) is 2. The predicted octanol–water partition coefficient (Wildman–Crippen LogP) is 2.25. The average Bonchev–Trinajstić information content (AvgIpc) is 2.70. The molecule has 0 fully saturated rings. The van der Waals surface area contributed by atoms with Crippen molar-refractivity contribution in [2.45, 2.75) is 0 Å². The maximum atomic E-state index is 5.93. The van der Waals surface area contributed by atoms with Crippen molar-refractivity contribution in [1.82, 2.24) is 5.43 Å². The molecule has 1 aliphatic rings. The fourth-order valence-corrected chi connectivity index (χ4v) is 1.77. The molecule has 1 aromatic carbocycles. The molecule has 1 aliphatic heterocycles. The number of guanidine groups is 1. The summed E-state index contributed by atoms with van der Waals surface area (Å²) in [6.45, 7) is 1.51. The van der Waals surface area contributed by atoms with E-state index < -0.39 is 0 Å². The van der Waals surface area contributed by atoms with Gasteiger partial charge < -0.3 is 4.90 Å². The molecule has 0 saturated carbocycles. The highest BCUT2D eigenvalue weighted by atomic mass is 127. The van der Waals surface area contributed by atoms with E-state index in [1.54, 1.807) is 12.1 Å². The van der Waals surface area contributed by atoms with E-state index in [-0.39, 0.29) is 24.0 Å². The van der Waals surface area contributed by atoms with Crippen LogP contribution in [0.4, 0.5) is 5.69 Å². The highest BCUT2D eigenvalue weighted by molar-refractivity contribution is 14.0. The standard InChI is InChI=1S/C9H10Cl2N4.HI/c10-7-2-1-6(5-8(7)11)15-4-3-13-9(15)14-12;/h1-2,5H,3-4,12H2,(H,13,14);1H. The largest absolute Gasteiger partial charge is 0.310 e. The second-order valence-corrected chi connectivity index (χ2v) is 3.91. The van der Waals surface area contributed by atoms with E-state index >= 15 is 0 Å². The Labute approximate surface area is 121 Å². The molecule has 1 heterocycles. The summed E-state index contributed by atoms with van der Waals surface area (Å²) in [4.78, 5) is 6.14. The van der Waals surface area contributed by atoms with Gasteiger partial charge in [0.1, 0.15) is 0 Å². The van der Waals surface area contributed by atoms with Crippen molar-refractivity contribution in [3.63, 3.8) is 0 Å². The molecule has 0 amide bonds. The SMILES string of the molecule is I.NNC1=NCCN1c1ccc(Cl)c(Cl)c1. The Kier molecular flexibility index (Phi) is 5.10. The average molecular weight is 373 g/mol. The fraction of sp³-hybridized carbons (Fsp3) is 0.222. The number of benzene rings is 1. The summed E-state index contributed by atoms with van der Waals surface area (Å²) in [5.74, 6) is 5.99. The smallest absolute Gasteiger partial charge is 0.213 e. The number of anilines is 1. The number of hydrogen-bond acceptors (Lipinski definition) is 4. The van der Waals surface area contributed by atoms with Crippen LogP contribution in [0.3, 0.4) is 0 Å². The third-order valence-corrected chi connectivity index (χ3v) is 2.92. The maximum Gasteiger partial charge on any atom is 0.213 e. The molecule has 1 aromatic rings. The molecular formula is C9H11Cl2IN4. The predicted molar refractivity (Wildman–Crippen MR) is 78.8 cm³/mol. The van der Waals surface area contributed by atoms with E-state index in [1.807, 2.05) is 11.0 Å². The van der Waals surface area contributed by atoms with E-state index in [0.717, 1.165) is 18.8 Å². The van der Waals surface area contributed by atoms with Crippen molar-refractivity contribution in [2.75, 3.05) is 18.0 Å². The Morgan fingerprint density at radius 2 is 2.06 bits per heavy atom. The number of nitrogens with one attached hydrogen (secondary N) is 1. The van der Waals surface area contributed by atoms with Crippen LogP contribution in [-0.4, -0.2) is 19.0 Å². The van der Waals surface area contributed by atoms with Gasteiger partial charge in [-0.05, 0) is 18.2 Å². The molecule has 7 heteroatoms. The van der Waals surface area contributed by atoms with Gasteiger partial charge in [0.25, 0.3) is 0 Å². The highest BCUT2D eigenvalue weighted by Gasteiger charge is 2.18. The molecular weight excluding hydrogens is 362 g/mol. The summed E-state index contributed by atoms with van der Waals surface area (Å²) in [7, 11) is 0. The third-order valence-electron chi connectivity index (χ3n) is 2.18. The lowest BCUT2D eigenvalue weighted by molar-refractivity contribution is 0.976. The Morgan fingerprint density at radius 1 is 1.31 bits per heavy atom. The molecule has 0 unspecified atom stereocenters. The Hall–Kier alpha value is -0.240. The zero-order valence-electron chi connectivity index (χ0n) is 8.28. The van der Waals surface area contributed by atoms with Crippen LogP contribution in [0, 0.1) is 0 Å². The molecule has 3 N–H and O–H groups in total. The molecule has 0 atom stereocenters. The van der Waals surface area contributed by atoms with Crippen LogP contribution in [0.5, 0.6) is 0 Å². The first kappa shape index (κ1) is 13.8. The van der Waals surface area contributed by atoms with E-state index in [1.165, 1.54) is 0 Å². The number of hydrazine groups is 1. The second-order valence-electron chi connectivity index (χ2n) is 3.10. The van der Waals surface area contributed by atoms with Crippen molar-refractivity contribution < 1.29 is 0 Å². The van der Waals surface area contributed by atoms with Crippen LogP contribution in [0.25, 0.3) is 0 Å². The quantitative estimate of drug-likeness (QED) is 0.451. The molecule has 88 valence electrons. The van der Waals surface area contributed by atoms with Crippen LogP contribution in [-0.2, 0) is 0 Å².